The summed E-state index contributed by atoms with van der Waals surface area (Å²) in [5.74, 6) is -3.29. The molecule has 2 aromatic heterocycles. The fourth-order valence-corrected chi connectivity index (χ4v) is 3.18. The van der Waals surface area contributed by atoms with E-state index in [0.717, 1.165) is 18.3 Å². The monoisotopic (exact) mass is 443 g/mol. The maximum Gasteiger partial charge on any atom is 0.434 e. The summed E-state index contributed by atoms with van der Waals surface area (Å²) in [7, 11) is 0. The van der Waals surface area contributed by atoms with E-state index in [1.807, 2.05) is 0 Å². The lowest BCUT2D eigenvalue weighted by Crippen LogP contribution is -2.14. The molecule has 0 saturated carbocycles. The third-order valence-electron chi connectivity index (χ3n) is 4.12. The SMILES string of the molecule is Fc1cc(F)cc(-n2ncc(-c3cc(-c4c(F)cccc4Cl)no3)c2C(F)(F)F)c1. The predicted octanol–water partition coefficient (Wildman–Crippen LogP) is 6.28. The van der Waals surface area contributed by atoms with Crippen molar-refractivity contribution in [3.8, 4) is 28.3 Å². The first-order chi connectivity index (χ1) is 14.1. The molecule has 0 aliphatic rings. The van der Waals surface area contributed by atoms with Crippen LogP contribution in [-0.2, 0) is 6.18 Å². The van der Waals surface area contributed by atoms with Gasteiger partial charge in [-0.3, -0.25) is 0 Å². The highest BCUT2D eigenvalue weighted by Gasteiger charge is 2.40. The summed E-state index contributed by atoms with van der Waals surface area (Å²) in [5, 5.41) is 7.18. The second-order valence-electron chi connectivity index (χ2n) is 6.12. The molecule has 4 rings (SSSR count). The number of nitrogens with zero attached hydrogens (tertiary/aromatic N) is 3. The second-order valence-corrected chi connectivity index (χ2v) is 6.52. The highest BCUT2D eigenvalue weighted by atomic mass is 35.5. The van der Waals surface area contributed by atoms with Crippen LogP contribution in [0.2, 0.25) is 5.02 Å². The molecule has 154 valence electrons. The molecule has 0 aliphatic heterocycles. The molecule has 0 unspecified atom stereocenters. The van der Waals surface area contributed by atoms with E-state index >= 15 is 0 Å². The minimum Gasteiger partial charge on any atom is -0.356 e. The van der Waals surface area contributed by atoms with Crippen LogP contribution in [0.15, 0.2) is 53.2 Å². The lowest BCUT2D eigenvalue weighted by molar-refractivity contribution is -0.142. The number of alkyl halides is 3. The van der Waals surface area contributed by atoms with Crippen LogP contribution >= 0.6 is 11.6 Å². The third-order valence-corrected chi connectivity index (χ3v) is 4.44. The molecule has 30 heavy (non-hydrogen) atoms. The standard InChI is InChI=1S/C19H8ClF6N3O/c20-13-2-1-3-14(23)17(13)15-7-16(30-28-15)12-8-27-29(18(12)19(24,25)26)11-5-9(21)4-10(22)6-11/h1-8H. The van der Waals surface area contributed by atoms with Gasteiger partial charge in [-0.1, -0.05) is 22.8 Å². The predicted molar refractivity (Wildman–Crippen MR) is 94.4 cm³/mol. The Bertz CT molecular complexity index is 1210. The van der Waals surface area contributed by atoms with Crippen molar-refractivity contribution >= 4 is 11.6 Å². The van der Waals surface area contributed by atoms with Gasteiger partial charge in [0.15, 0.2) is 11.5 Å². The van der Waals surface area contributed by atoms with Gasteiger partial charge in [0.25, 0.3) is 0 Å². The average molecular weight is 444 g/mol. The molecule has 11 heteroatoms. The normalized spacial score (nSPS) is 11.8. The first-order valence-electron chi connectivity index (χ1n) is 8.18. The molecule has 0 amide bonds. The summed E-state index contributed by atoms with van der Waals surface area (Å²) in [4.78, 5) is 0. The number of hydrogen-bond acceptors (Lipinski definition) is 3. The first kappa shape index (κ1) is 20.0. The van der Waals surface area contributed by atoms with Crippen molar-refractivity contribution in [2.45, 2.75) is 6.18 Å². The summed E-state index contributed by atoms with van der Waals surface area (Å²) in [6.45, 7) is 0. The maximum absolute atomic E-state index is 14.1. The van der Waals surface area contributed by atoms with Crippen LogP contribution in [0.25, 0.3) is 28.3 Å². The topological polar surface area (TPSA) is 43.9 Å². The molecular weight excluding hydrogens is 436 g/mol. The largest absolute Gasteiger partial charge is 0.434 e. The minimum absolute atomic E-state index is 0.0168. The van der Waals surface area contributed by atoms with Crippen LogP contribution in [0.3, 0.4) is 0 Å². The van der Waals surface area contributed by atoms with Crippen LogP contribution < -0.4 is 0 Å². The molecule has 0 radical (unpaired) electrons. The average Bonchev–Trinajstić information content (AvgIpc) is 3.27. The van der Waals surface area contributed by atoms with Gasteiger partial charge < -0.3 is 4.52 Å². The van der Waals surface area contributed by atoms with Gasteiger partial charge in [-0.15, -0.1) is 0 Å². The molecule has 0 spiro atoms. The smallest absolute Gasteiger partial charge is 0.356 e. The minimum atomic E-state index is -4.97. The van der Waals surface area contributed by atoms with E-state index < -0.39 is 40.6 Å². The van der Waals surface area contributed by atoms with Gasteiger partial charge in [0.2, 0.25) is 0 Å². The first-order valence-corrected chi connectivity index (χ1v) is 8.56. The van der Waals surface area contributed by atoms with E-state index in [2.05, 4.69) is 10.3 Å². The molecule has 0 N–H and O–H groups in total. The van der Waals surface area contributed by atoms with Gasteiger partial charge in [0, 0.05) is 12.1 Å². The molecule has 0 fully saturated rings. The van der Waals surface area contributed by atoms with E-state index in [-0.39, 0.29) is 22.0 Å². The molecule has 0 saturated heterocycles. The fraction of sp³-hybridized carbons (Fsp3) is 0.0526. The van der Waals surface area contributed by atoms with Gasteiger partial charge in [-0.25, -0.2) is 17.9 Å². The molecule has 2 aromatic carbocycles. The van der Waals surface area contributed by atoms with Crippen molar-refractivity contribution in [2.24, 2.45) is 0 Å². The van der Waals surface area contributed by atoms with Crippen LogP contribution in [0.4, 0.5) is 26.3 Å². The van der Waals surface area contributed by atoms with Gasteiger partial charge in [-0.2, -0.15) is 18.3 Å². The Morgan fingerprint density at radius 2 is 1.67 bits per heavy atom. The molecule has 2 heterocycles. The van der Waals surface area contributed by atoms with E-state index in [1.54, 1.807) is 0 Å². The van der Waals surface area contributed by atoms with Gasteiger partial charge in [0.05, 0.1) is 28.0 Å². The fourth-order valence-electron chi connectivity index (χ4n) is 2.92. The number of rotatable bonds is 3. The van der Waals surface area contributed by atoms with Crippen molar-refractivity contribution in [3.05, 3.63) is 76.8 Å². The summed E-state index contributed by atoms with van der Waals surface area (Å²) in [6, 6.07) is 6.81. The summed E-state index contributed by atoms with van der Waals surface area (Å²) >= 11 is 5.95. The van der Waals surface area contributed by atoms with Gasteiger partial charge in [0.1, 0.15) is 23.1 Å². The van der Waals surface area contributed by atoms with Crippen molar-refractivity contribution in [3.63, 3.8) is 0 Å². The highest BCUT2D eigenvalue weighted by Crippen LogP contribution is 2.40. The van der Waals surface area contributed by atoms with Crippen molar-refractivity contribution in [1.82, 2.24) is 14.9 Å². The molecule has 0 aliphatic carbocycles. The van der Waals surface area contributed by atoms with E-state index in [0.29, 0.717) is 22.9 Å². The van der Waals surface area contributed by atoms with Crippen molar-refractivity contribution < 1.29 is 30.9 Å². The summed E-state index contributed by atoms with van der Waals surface area (Å²) < 4.78 is 87.7. The lowest BCUT2D eigenvalue weighted by Gasteiger charge is -2.12. The number of aromatic nitrogens is 3. The van der Waals surface area contributed by atoms with Crippen molar-refractivity contribution in [1.29, 1.82) is 0 Å². The van der Waals surface area contributed by atoms with E-state index in [1.165, 1.54) is 12.1 Å². The van der Waals surface area contributed by atoms with E-state index in [4.69, 9.17) is 16.1 Å². The van der Waals surface area contributed by atoms with Crippen LogP contribution in [-0.4, -0.2) is 14.9 Å². The molecule has 0 atom stereocenters. The van der Waals surface area contributed by atoms with Crippen LogP contribution in [0, 0.1) is 17.5 Å². The van der Waals surface area contributed by atoms with Crippen LogP contribution in [0.5, 0.6) is 0 Å². The highest BCUT2D eigenvalue weighted by molar-refractivity contribution is 6.33. The second kappa shape index (κ2) is 7.21. The van der Waals surface area contributed by atoms with Crippen molar-refractivity contribution in [2.75, 3.05) is 0 Å². The molecule has 4 aromatic rings. The summed E-state index contributed by atoms with van der Waals surface area (Å²) in [6.07, 6.45) is -4.17. The third kappa shape index (κ3) is 3.54. The number of hydrogen-bond donors (Lipinski definition) is 0. The zero-order valence-electron chi connectivity index (χ0n) is 14.5. The lowest BCUT2D eigenvalue weighted by atomic mass is 10.1. The zero-order valence-corrected chi connectivity index (χ0v) is 15.3. The Kier molecular flexibility index (Phi) is 4.81. The molecular formula is C19H8ClF6N3O. The Balaban J connectivity index is 1.87. The number of benzene rings is 2. The Morgan fingerprint density at radius 1 is 0.967 bits per heavy atom. The molecule has 0 bridgehead atoms. The maximum atomic E-state index is 14.1. The van der Waals surface area contributed by atoms with E-state index in [9.17, 15) is 26.3 Å². The zero-order chi connectivity index (χ0) is 21.6. The summed E-state index contributed by atoms with van der Waals surface area (Å²) in [5.41, 5.74) is -2.68. The Hall–Kier alpha value is -3.27. The molecule has 4 nitrogen and oxygen atoms in total. The van der Waals surface area contributed by atoms with Gasteiger partial charge in [-0.05, 0) is 24.3 Å². The Labute approximate surface area is 169 Å². The van der Waals surface area contributed by atoms with Crippen LogP contribution in [0.1, 0.15) is 5.69 Å². The Morgan fingerprint density at radius 3 is 2.30 bits per heavy atom. The quantitative estimate of drug-likeness (QED) is 0.350. The number of halogens is 7. The van der Waals surface area contributed by atoms with Gasteiger partial charge >= 0.3 is 6.18 Å².